The number of nitrogens with two attached hydrogens (primary N) is 1. The predicted octanol–water partition coefficient (Wildman–Crippen LogP) is 4.51. The number of aromatic nitrogens is 2. The molecule has 0 bridgehead atoms. The minimum Gasteiger partial charge on any atom is -0.368 e. The highest BCUT2D eigenvalue weighted by Crippen LogP contribution is 2.46. The van der Waals surface area contributed by atoms with Crippen LogP contribution in [0.4, 0.5) is 16.2 Å². The summed E-state index contributed by atoms with van der Waals surface area (Å²) in [6.07, 6.45) is 6.94. The number of nitrogens with zero attached hydrogens (tertiary/aromatic N) is 3. The van der Waals surface area contributed by atoms with Crippen molar-refractivity contribution in [2.45, 2.75) is 57.4 Å². The van der Waals surface area contributed by atoms with Crippen molar-refractivity contribution >= 4 is 11.8 Å². The molecule has 2 aliphatic rings. The van der Waals surface area contributed by atoms with Crippen LogP contribution in [0.15, 0.2) is 24.3 Å². The molecule has 1 saturated carbocycles. The lowest BCUT2D eigenvalue weighted by molar-refractivity contribution is 0.583. The molecule has 4 rings (SSSR count). The molecular weight excluding hydrogens is 315 g/mol. The van der Waals surface area contributed by atoms with Crippen molar-refractivity contribution < 1.29 is 4.39 Å². The average molecular weight is 340 g/mol. The molecule has 1 aromatic heterocycles. The number of aryl methyl sites for hydroxylation is 1. The second-order valence-electron chi connectivity index (χ2n) is 7.33. The van der Waals surface area contributed by atoms with Crippen LogP contribution < -0.4 is 10.6 Å². The van der Waals surface area contributed by atoms with E-state index in [4.69, 9.17) is 5.73 Å². The fourth-order valence-corrected chi connectivity index (χ4v) is 4.02. The average Bonchev–Trinajstić information content (AvgIpc) is 3.41. The second kappa shape index (κ2) is 6.62. The van der Waals surface area contributed by atoms with Crippen LogP contribution >= 0.6 is 0 Å². The van der Waals surface area contributed by atoms with E-state index >= 15 is 0 Å². The van der Waals surface area contributed by atoms with Gasteiger partial charge in [-0.05, 0) is 61.8 Å². The summed E-state index contributed by atoms with van der Waals surface area (Å²) in [6, 6.07) is 7.57. The maximum absolute atomic E-state index is 13.9. The number of benzene rings is 1. The van der Waals surface area contributed by atoms with Crippen LogP contribution in [0.2, 0.25) is 0 Å². The van der Waals surface area contributed by atoms with Crippen molar-refractivity contribution in [3.05, 3.63) is 46.9 Å². The van der Waals surface area contributed by atoms with Crippen LogP contribution in [0, 0.1) is 12.7 Å². The van der Waals surface area contributed by atoms with Gasteiger partial charge >= 0.3 is 0 Å². The van der Waals surface area contributed by atoms with E-state index in [2.05, 4.69) is 14.9 Å². The first kappa shape index (κ1) is 16.3. The molecule has 0 unspecified atom stereocenters. The van der Waals surface area contributed by atoms with Crippen LogP contribution in [0.3, 0.4) is 0 Å². The number of rotatable bonds is 3. The summed E-state index contributed by atoms with van der Waals surface area (Å²) in [4.78, 5) is 11.1. The van der Waals surface area contributed by atoms with Crippen molar-refractivity contribution in [1.29, 1.82) is 0 Å². The van der Waals surface area contributed by atoms with Gasteiger partial charge in [-0.1, -0.05) is 18.9 Å². The molecule has 2 aromatic rings. The van der Waals surface area contributed by atoms with Crippen LogP contribution in [0.1, 0.15) is 67.3 Å². The Labute approximate surface area is 148 Å². The zero-order valence-electron chi connectivity index (χ0n) is 14.7. The number of halogens is 1. The van der Waals surface area contributed by atoms with Gasteiger partial charge in [-0.25, -0.2) is 9.37 Å². The minimum absolute atomic E-state index is 0.132. The molecule has 1 saturated heterocycles. The third-order valence-corrected chi connectivity index (χ3v) is 5.33. The van der Waals surface area contributed by atoms with E-state index in [0.717, 1.165) is 30.9 Å². The van der Waals surface area contributed by atoms with E-state index in [9.17, 15) is 4.39 Å². The number of nitrogen functional groups attached to an aromatic ring is 1. The zero-order chi connectivity index (χ0) is 17.4. The third kappa shape index (κ3) is 3.46. The number of hydrogen-bond acceptors (Lipinski definition) is 4. The molecule has 1 aliphatic carbocycles. The summed E-state index contributed by atoms with van der Waals surface area (Å²) in [6.45, 7) is 2.89. The lowest BCUT2D eigenvalue weighted by Gasteiger charge is -2.33. The van der Waals surface area contributed by atoms with E-state index in [1.54, 1.807) is 12.1 Å². The van der Waals surface area contributed by atoms with Gasteiger partial charge in [0, 0.05) is 18.3 Å². The molecule has 1 aliphatic heterocycles. The molecule has 2 N–H and O–H groups in total. The van der Waals surface area contributed by atoms with E-state index in [-0.39, 0.29) is 11.9 Å². The second-order valence-corrected chi connectivity index (χ2v) is 7.33. The van der Waals surface area contributed by atoms with Crippen molar-refractivity contribution in [3.63, 3.8) is 0 Å². The highest BCUT2D eigenvalue weighted by atomic mass is 19.1. The molecular formula is C20H25FN4. The Kier molecular flexibility index (Phi) is 4.32. The first-order valence-corrected chi connectivity index (χ1v) is 9.29. The Balaban J connectivity index is 1.77. The van der Waals surface area contributed by atoms with Crippen molar-refractivity contribution in [3.8, 4) is 0 Å². The van der Waals surface area contributed by atoms with E-state index in [1.165, 1.54) is 36.8 Å². The van der Waals surface area contributed by atoms with E-state index in [0.29, 0.717) is 11.9 Å². The topological polar surface area (TPSA) is 55.0 Å². The Morgan fingerprint density at radius 1 is 1.04 bits per heavy atom. The number of hydrogen-bond donors (Lipinski definition) is 1. The molecule has 2 heterocycles. The van der Waals surface area contributed by atoms with Gasteiger partial charge in [0.25, 0.3) is 0 Å². The Morgan fingerprint density at radius 2 is 1.88 bits per heavy atom. The molecule has 1 aromatic carbocycles. The molecule has 0 spiro atoms. The van der Waals surface area contributed by atoms with Crippen molar-refractivity contribution in [1.82, 2.24) is 9.97 Å². The van der Waals surface area contributed by atoms with Crippen LogP contribution in [-0.4, -0.2) is 16.5 Å². The molecule has 0 amide bonds. The predicted molar refractivity (Wildman–Crippen MR) is 98.1 cm³/mol. The maximum atomic E-state index is 13.9. The summed E-state index contributed by atoms with van der Waals surface area (Å²) in [5.74, 6) is 1.60. The molecule has 25 heavy (non-hydrogen) atoms. The molecule has 5 heteroatoms. The summed E-state index contributed by atoms with van der Waals surface area (Å²) in [5.41, 5.74) is 9.24. The fraction of sp³-hybridized carbons (Fsp3) is 0.500. The van der Waals surface area contributed by atoms with Gasteiger partial charge in [-0.2, -0.15) is 4.98 Å². The van der Waals surface area contributed by atoms with Gasteiger partial charge < -0.3 is 10.6 Å². The largest absolute Gasteiger partial charge is 0.368 e. The molecule has 1 atom stereocenters. The van der Waals surface area contributed by atoms with Gasteiger partial charge in [-0.3, -0.25) is 0 Å². The highest BCUT2D eigenvalue weighted by molar-refractivity contribution is 5.48. The van der Waals surface area contributed by atoms with Crippen LogP contribution in [0.5, 0.6) is 0 Å². The normalized spacial score (nSPS) is 21.2. The maximum Gasteiger partial charge on any atom is 0.222 e. The standard InChI is InChI=1S/C20H25FN4/c1-13-11-19(24-20(22)23-13)25-10-4-2-3-5-18(25)16-9-8-15(21)12-17(16)14-6-7-14/h8-9,11-12,14,18H,2-7,10H2,1H3,(H2,22,23,24)/t18-/m1/s1. The lowest BCUT2D eigenvalue weighted by atomic mass is 9.93. The van der Waals surface area contributed by atoms with E-state index < -0.39 is 0 Å². The molecule has 0 radical (unpaired) electrons. The summed E-state index contributed by atoms with van der Waals surface area (Å²) in [7, 11) is 0. The molecule has 132 valence electrons. The van der Waals surface area contributed by atoms with Gasteiger partial charge in [-0.15, -0.1) is 0 Å². The smallest absolute Gasteiger partial charge is 0.222 e. The van der Waals surface area contributed by atoms with Gasteiger partial charge in [0.2, 0.25) is 5.95 Å². The van der Waals surface area contributed by atoms with Crippen molar-refractivity contribution in [2.24, 2.45) is 0 Å². The third-order valence-electron chi connectivity index (χ3n) is 5.33. The quantitative estimate of drug-likeness (QED) is 0.893. The molecule has 4 nitrogen and oxygen atoms in total. The Morgan fingerprint density at radius 3 is 2.64 bits per heavy atom. The van der Waals surface area contributed by atoms with Gasteiger partial charge in [0.15, 0.2) is 0 Å². The van der Waals surface area contributed by atoms with Gasteiger partial charge in [0.1, 0.15) is 11.6 Å². The lowest BCUT2D eigenvalue weighted by Crippen LogP contribution is -2.30. The van der Waals surface area contributed by atoms with Crippen molar-refractivity contribution in [2.75, 3.05) is 17.2 Å². The summed E-state index contributed by atoms with van der Waals surface area (Å²) in [5, 5.41) is 0. The summed E-state index contributed by atoms with van der Waals surface area (Å²) >= 11 is 0. The zero-order valence-corrected chi connectivity index (χ0v) is 14.7. The Bertz CT molecular complexity index is 752. The summed E-state index contributed by atoms with van der Waals surface area (Å²) < 4.78 is 13.9. The van der Waals surface area contributed by atoms with E-state index in [1.807, 2.05) is 19.1 Å². The Hall–Kier alpha value is -2.17. The van der Waals surface area contributed by atoms with Crippen LogP contribution in [-0.2, 0) is 0 Å². The SMILES string of the molecule is Cc1cc(N2CCCCC[C@@H]2c2ccc(F)cc2C2CC2)nc(N)n1. The number of anilines is 2. The first-order chi connectivity index (χ1) is 12.1. The fourth-order valence-electron chi connectivity index (χ4n) is 4.02. The van der Waals surface area contributed by atoms with Gasteiger partial charge in [0.05, 0.1) is 6.04 Å². The molecule has 2 fully saturated rings. The monoisotopic (exact) mass is 340 g/mol. The first-order valence-electron chi connectivity index (χ1n) is 9.29. The highest BCUT2D eigenvalue weighted by Gasteiger charge is 2.32. The minimum atomic E-state index is -0.132. The van der Waals surface area contributed by atoms with Crippen LogP contribution in [0.25, 0.3) is 0 Å².